The van der Waals surface area contributed by atoms with E-state index in [0.717, 1.165) is 30.6 Å². The Balaban J connectivity index is 2.14. The molecule has 1 aromatic carbocycles. The summed E-state index contributed by atoms with van der Waals surface area (Å²) in [5.41, 5.74) is 7.48. The molecule has 3 nitrogen and oxygen atoms in total. The largest absolute Gasteiger partial charge is 0.399 e. The third kappa shape index (κ3) is 2.43. The van der Waals surface area contributed by atoms with Crippen LogP contribution in [0.3, 0.4) is 0 Å². The maximum absolute atomic E-state index is 12.4. The molecular formula is C14H20N2O. The number of nitrogens with two attached hydrogens (primary N) is 1. The van der Waals surface area contributed by atoms with Gasteiger partial charge in [-0.1, -0.05) is 12.1 Å². The van der Waals surface area contributed by atoms with E-state index in [1.54, 1.807) is 0 Å². The topological polar surface area (TPSA) is 46.3 Å². The molecule has 0 saturated carbocycles. The number of likely N-dealkylation sites (tertiary alicyclic amines) is 1. The quantitative estimate of drug-likeness (QED) is 0.796. The number of carbonyl (C=O) groups is 1. The molecule has 1 aromatic rings. The molecule has 1 amide bonds. The van der Waals surface area contributed by atoms with E-state index >= 15 is 0 Å². The molecule has 1 aliphatic heterocycles. The van der Waals surface area contributed by atoms with Gasteiger partial charge in [0.05, 0.1) is 5.92 Å². The number of hydrogen-bond donors (Lipinski definition) is 1. The number of carbonyl (C=O) groups excluding carboxylic acids is 1. The summed E-state index contributed by atoms with van der Waals surface area (Å²) in [6.45, 7) is 4.98. The van der Waals surface area contributed by atoms with Crippen molar-refractivity contribution in [3.8, 4) is 0 Å². The van der Waals surface area contributed by atoms with Gasteiger partial charge in [0, 0.05) is 18.3 Å². The molecule has 0 aromatic heterocycles. The second-order valence-corrected chi connectivity index (χ2v) is 4.91. The minimum absolute atomic E-state index is 0.0981. The molecule has 1 fully saturated rings. The monoisotopic (exact) mass is 232 g/mol. The van der Waals surface area contributed by atoms with Crippen LogP contribution in [0.1, 0.15) is 38.2 Å². The van der Waals surface area contributed by atoms with Crippen molar-refractivity contribution in [3.05, 3.63) is 29.8 Å². The predicted octanol–water partition coefficient (Wildman–Crippen LogP) is 2.38. The van der Waals surface area contributed by atoms with Crippen LogP contribution in [0.5, 0.6) is 0 Å². The second-order valence-electron chi connectivity index (χ2n) is 4.91. The zero-order valence-corrected chi connectivity index (χ0v) is 10.5. The molecule has 1 heterocycles. The third-order valence-corrected chi connectivity index (χ3v) is 3.62. The maximum Gasteiger partial charge on any atom is 0.230 e. The fraction of sp³-hybridized carbons (Fsp3) is 0.500. The van der Waals surface area contributed by atoms with Gasteiger partial charge in [0.25, 0.3) is 0 Å². The fourth-order valence-electron chi connectivity index (χ4n) is 2.48. The van der Waals surface area contributed by atoms with E-state index in [1.165, 1.54) is 0 Å². The molecule has 2 N–H and O–H groups in total. The van der Waals surface area contributed by atoms with Crippen LogP contribution in [0.2, 0.25) is 0 Å². The first-order valence-corrected chi connectivity index (χ1v) is 6.25. The molecule has 2 rings (SSSR count). The molecule has 0 bridgehead atoms. The highest BCUT2D eigenvalue weighted by molar-refractivity contribution is 5.84. The summed E-state index contributed by atoms with van der Waals surface area (Å²) in [4.78, 5) is 14.3. The van der Waals surface area contributed by atoms with E-state index in [1.807, 2.05) is 36.1 Å². The van der Waals surface area contributed by atoms with Crippen molar-refractivity contribution in [2.24, 2.45) is 0 Å². The Bertz CT molecular complexity index is 416. The molecule has 1 saturated heterocycles. The normalized spacial score (nSPS) is 21.5. The van der Waals surface area contributed by atoms with Crippen LogP contribution in [0.4, 0.5) is 5.69 Å². The summed E-state index contributed by atoms with van der Waals surface area (Å²) in [5.74, 6) is 0.125. The molecule has 0 aliphatic carbocycles. The molecule has 92 valence electrons. The van der Waals surface area contributed by atoms with E-state index in [4.69, 9.17) is 5.73 Å². The molecule has 2 unspecified atom stereocenters. The number of anilines is 1. The summed E-state index contributed by atoms with van der Waals surface area (Å²) >= 11 is 0. The van der Waals surface area contributed by atoms with Crippen LogP contribution >= 0.6 is 0 Å². The van der Waals surface area contributed by atoms with E-state index in [2.05, 4.69) is 6.92 Å². The van der Waals surface area contributed by atoms with Crippen molar-refractivity contribution < 1.29 is 4.79 Å². The van der Waals surface area contributed by atoms with E-state index in [0.29, 0.717) is 6.04 Å². The van der Waals surface area contributed by atoms with Crippen molar-refractivity contribution in [2.45, 2.75) is 38.6 Å². The van der Waals surface area contributed by atoms with Crippen LogP contribution in [-0.2, 0) is 4.79 Å². The third-order valence-electron chi connectivity index (χ3n) is 3.62. The lowest BCUT2D eigenvalue weighted by molar-refractivity contribution is -0.132. The highest BCUT2D eigenvalue weighted by atomic mass is 16.2. The second kappa shape index (κ2) is 4.78. The van der Waals surface area contributed by atoms with Gasteiger partial charge in [-0.3, -0.25) is 4.79 Å². The van der Waals surface area contributed by atoms with Gasteiger partial charge < -0.3 is 10.6 Å². The zero-order chi connectivity index (χ0) is 12.4. The van der Waals surface area contributed by atoms with Crippen LogP contribution in [-0.4, -0.2) is 23.4 Å². The first-order valence-electron chi connectivity index (χ1n) is 6.25. The zero-order valence-electron chi connectivity index (χ0n) is 10.5. The average Bonchev–Trinajstić information content (AvgIpc) is 2.73. The Morgan fingerprint density at radius 1 is 1.53 bits per heavy atom. The van der Waals surface area contributed by atoms with Crippen LogP contribution in [0.25, 0.3) is 0 Å². The average molecular weight is 232 g/mol. The van der Waals surface area contributed by atoms with Gasteiger partial charge in [-0.25, -0.2) is 0 Å². The Labute approximate surface area is 103 Å². The Morgan fingerprint density at radius 3 is 2.88 bits per heavy atom. The first kappa shape index (κ1) is 12.0. The molecule has 0 spiro atoms. The molecule has 1 aliphatic rings. The highest BCUT2D eigenvalue weighted by Gasteiger charge is 2.29. The number of rotatable bonds is 2. The lowest BCUT2D eigenvalue weighted by Crippen LogP contribution is -2.36. The fourth-order valence-corrected chi connectivity index (χ4v) is 2.48. The van der Waals surface area contributed by atoms with Crippen LogP contribution < -0.4 is 5.73 Å². The van der Waals surface area contributed by atoms with Crippen molar-refractivity contribution in [1.82, 2.24) is 4.90 Å². The lowest BCUT2D eigenvalue weighted by Gasteiger charge is -2.25. The van der Waals surface area contributed by atoms with Gasteiger partial charge in [0.1, 0.15) is 0 Å². The van der Waals surface area contributed by atoms with Gasteiger partial charge in [-0.2, -0.15) is 0 Å². The van der Waals surface area contributed by atoms with Gasteiger partial charge >= 0.3 is 0 Å². The lowest BCUT2D eigenvalue weighted by atomic mass is 9.99. The Hall–Kier alpha value is -1.51. The van der Waals surface area contributed by atoms with Gasteiger partial charge in [0.2, 0.25) is 5.91 Å². The SMILES string of the molecule is CC(C(=O)N1CCCC1C)c1cccc(N)c1. The summed E-state index contributed by atoms with van der Waals surface area (Å²) in [7, 11) is 0. The van der Waals surface area contributed by atoms with Gasteiger partial charge in [0.15, 0.2) is 0 Å². The molecule has 2 atom stereocenters. The first-order chi connectivity index (χ1) is 8.09. The molecule has 17 heavy (non-hydrogen) atoms. The van der Waals surface area contributed by atoms with Crippen molar-refractivity contribution in [3.63, 3.8) is 0 Å². The van der Waals surface area contributed by atoms with Crippen molar-refractivity contribution in [2.75, 3.05) is 12.3 Å². The number of amides is 1. The minimum atomic E-state index is -0.0981. The number of nitrogens with zero attached hydrogens (tertiary/aromatic N) is 1. The van der Waals surface area contributed by atoms with Crippen LogP contribution in [0, 0.1) is 0 Å². The summed E-state index contributed by atoms with van der Waals surface area (Å²) in [6, 6.07) is 8.00. The maximum atomic E-state index is 12.4. The number of nitrogen functional groups attached to an aromatic ring is 1. The smallest absolute Gasteiger partial charge is 0.230 e. The molecular weight excluding hydrogens is 212 g/mol. The van der Waals surface area contributed by atoms with Gasteiger partial charge in [-0.05, 0) is 44.4 Å². The predicted molar refractivity (Wildman–Crippen MR) is 69.7 cm³/mol. The standard InChI is InChI=1S/C14H20N2O/c1-10-5-4-8-16(10)14(17)11(2)12-6-3-7-13(15)9-12/h3,6-7,9-11H,4-5,8,15H2,1-2H3. The minimum Gasteiger partial charge on any atom is -0.399 e. The molecule has 0 radical (unpaired) electrons. The van der Waals surface area contributed by atoms with E-state index < -0.39 is 0 Å². The number of hydrogen-bond acceptors (Lipinski definition) is 2. The Kier molecular flexibility index (Phi) is 3.36. The van der Waals surface area contributed by atoms with E-state index in [-0.39, 0.29) is 11.8 Å². The van der Waals surface area contributed by atoms with Gasteiger partial charge in [-0.15, -0.1) is 0 Å². The Morgan fingerprint density at radius 2 is 2.29 bits per heavy atom. The van der Waals surface area contributed by atoms with E-state index in [9.17, 15) is 4.79 Å². The van der Waals surface area contributed by atoms with Crippen molar-refractivity contribution >= 4 is 11.6 Å². The molecule has 3 heteroatoms. The van der Waals surface area contributed by atoms with Crippen molar-refractivity contribution in [1.29, 1.82) is 0 Å². The summed E-state index contributed by atoms with van der Waals surface area (Å²) in [6.07, 6.45) is 2.24. The highest BCUT2D eigenvalue weighted by Crippen LogP contribution is 2.25. The summed E-state index contributed by atoms with van der Waals surface area (Å²) in [5, 5.41) is 0. The summed E-state index contributed by atoms with van der Waals surface area (Å²) < 4.78 is 0. The number of benzene rings is 1. The van der Waals surface area contributed by atoms with Crippen LogP contribution in [0.15, 0.2) is 24.3 Å².